The Labute approximate surface area is 238 Å². The van der Waals surface area contributed by atoms with Crippen molar-refractivity contribution in [2.45, 2.75) is 13.5 Å². The van der Waals surface area contributed by atoms with Gasteiger partial charge >= 0.3 is 6.61 Å². The van der Waals surface area contributed by atoms with E-state index in [2.05, 4.69) is 29.9 Å². The number of fused-ring (bicyclic) bond motifs is 1. The molecule has 11 heteroatoms. The summed E-state index contributed by atoms with van der Waals surface area (Å²) in [5, 5.41) is 3.52. The highest BCUT2D eigenvalue weighted by Gasteiger charge is 2.21. The van der Waals surface area contributed by atoms with Crippen LogP contribution in [0.5, 0.6) is 5.75 Å². The molecule has 0 atom stereocenters. The average molecular weight is 576 g/mol. The molecule has 7 nitrogen and oxygen atoms in total. The number of nitrogens with zero attached hydrogens (tertiary/aromatic N) is 4. The van der Waals surface area contributed by atoms with E-state index in [0.717, 1.165) is 6.07 Å². The summed E-state index contributed by atoms with van der Waals surface area (Å²) >= 11 is 0. The number of anilines is 3. The van der Waals surface area contributed by atoms with Crippen LogP contribution >= 0.6 is 0 Å². The van der Waals surface area contributed by atoms with Crippen LogP contribution in [0.1, 0.15) is 5.56 Å². The van der Waals surface area contributed by atoms with E-state index >= 15 is 4.39 Å². The van der Waals surface area contributed by atoms with E-state index in [1.165, 1.54) is 18.2 Å². The van der Waals surface area contributed by atoms with Crippen molar-refractivity contribution in [3.05, 3.63) is 90.3 Å². The first-order valence-electron chi connectivity index (χ1n) is 13.2. The third kappa shape index (κ3) is 5.55. The van der Waals surface area contributed by atoms with Gasteiger partial charge in [-0.2, -0.15) is 8.78 Å². The summed E-state index contributed by atoms with van der Waals surface area (Å²) in [7, 11) is 0. The second-order valence-electron chi connectivity index (χ2n) is 9.67. The van der Waals surface area contributed by atoms with Gasteiger partial charge in [0.25, 0.3) is 0 Å². The molecular weight excluding hydrogens is 550 g/mol. The number of morpholine rings is 1. The molecule has 2 aromatic carbocycles. The molecule has 0 saturated carbocycles. The number of halogens is 4. The molecule has 42 heavy (non-hydrogen) atoms. The minimum atomic E-state index is -2.95. The summed E-state index contributed by atoms with van der Waals surface area (Å²) in [6.45, 7) is 1.23. The maximum Gasteiger partial charge on any atom is 0.387 e. The average Bonchev–Trinajstić information content (AvgIpc) is 2.99. The first kappa shape index (κ1) is 27.4. The number of pyridine rings is 3. The fraction of sp³-hybridized carbons (Fsp3) is 0.194. The van der Waals surface area contributed by atoms with Crippen LogP contribution in [0.3, 0.4) is 0 Å². The number of alkyl halides is 2. The molecule has 0 aliphatic carbocycles. The van der Waals surface area contributed by atoms with Gasteiger partial charge in [0.2, 0.25) is 0 Å². The van der Waals surface area contributed by atoms with Crippen molar-refractivity contribution in [1.29, 1.82) is 0 Å². The van der Waals surface area contributed by atoms with Crippen LogP contribution in [0.4, 0.5) is 34.8 Å². The largest absolute Gasteiger partial charge is 0.435 e. The van der Waals surface area contributed by atoms with E-state index in [9.17, 15) is 13.2 Å². The number of rotatable bonds is 7. The normalized spacial score (nSPS) is 13.5. The van der Waals surface area contributed by atoms with Gasteiger partial charge in [0.1, 0.15) is 23.2 Å². The highest BCUT2D eigenvalue weighted by atomic mass is 19.3. The zero-order valence-corrected chi connectivity index (χ0v) is 22.5. The van der Waals surface area contributed by atoms with Gasteiger partial charge in [-0.15, -0.1) is 0 Å². The Hall–Kier alpha value is -4.77. The van der Waals surface area contributed by atoms with Crippen molar-refractivity contribution in [3.63, 3.8) is 0 Å². The van der Waals surface area contributed by atoms with Crippen LogP contribution in [-0.2, 0) is 4.74 Å². The first-order chi connectivity index (χ1) is 20.4. The lowest BCUT2D eigenvalue weighted by atomic mass is 10.0. The van der Waals surface area contributed by atoms with Gasteiger partial charge in [0.15, 0.2) is 0 Å². The van der Waals surface area contributed by atoms with Crippen LogP contribution in [0.15, 0.2) is 73.1 Å². The van der Waals surface area contributed by atoms with Crippen LogP contribution in [0.2, 0.25) is 0 Å². The standard InChI is InChI=1S/C31H25F4N5O2/c1-18-29(24-4-2-3-9-36-24)39-26-15-20(32)14-23(33)28(26)30(18)38-25-16-27(40-10-12-41-13-11-40)37-17-22(25)19-5-7-21(8-6-19)42-31(34)35/h2-9,14-17,31H,10-13H2,1H3,(H,37,38,39). The molecule has 0 unspecified atom stereocenters. The van der Waals surface area contributed by atoms with Gasteiger partial charge < -0.3 is 19.7 Å². The fourth-order valence-electron chi connectivity index (χ4n) is 5.01. The zero-order chi connectivity index (χ0) is 29.2. The van der Waals surface area contributed by atoms with Crippen molar-refractivity contribution < 1.29 is 27.0 Å². The van der Waals surface area contributed by atoms with Gasteiger partial charge in [-0.05, 0) is 36.8 Å². The molecule has 0 amide bonds. The van der Waals surface area contributed by atoms with E-state index in [1.807, 2.05) is 12.1 Å². The Morgan fingerprint density at radius 1 is 0.976 bits per heavy atom. The molecule has 5 aromatic rings. The van der Waals surface area contributed by atoms with Crippen molar-refractivity contribution in [2.75, 3.05) is 36.5 Å². The molecule has 0 bridgehead atoms. The van der Waals surface area contributed by atoms with E-state index < -0.39 is 18.2 Å². The topological polar surface area (TPSA) is 72.4 Å². The zero-order valence-electron chi connectivity index (χ0n) is 22.5. The maximum atomic E-state index is 15.4. The summed E-state index contributed by atoms with van der Waals surface area (Å²) in [6, 6.07) is 15.4. The number of benzene rings is 2. The third-order valence-electron chi connectivity index (χ3n) is 7.03. The van der Waals surface area contributed by atoms with E-state index in [-0.39, 0.29) is 16.7 Å². The second-order valence-corrected chi connectivity index (χ2v) is 9.67. The quantitative estimate of drug-likeness (QED) is 0.207. The Morgan fingerprint density at radius 3 is 2.48 bits per heavy atom. The molecule has 214 valence electrons. The Balaban J connectivity index is 1.52. The van der Waals surface area contributed by atoms with E-state index in [1.54, 1.807) is 43.6 Å². The lowest BCUT2D eigenvalue weighted by Crippen LogP contribution is -2.36. The smallest absolute Gasteiger partial charge is 0.387 e. The molecular formula is C31H25F4N5O2. The number of ether oxygens (including phenoxy) is 2. The Bertz CT molecular complexity index is 1730. The molecule has 1 aliphatic heterocycles. The summed E-state index contributed by atoms with van der Waals surface area (Å²) < 4.78 is 65.2. The van der Waals surface area contributed by atoms with Gasteiger partial charge in [-0.1, -0.05) is 18.2 Å². The molecule has 4 heterocycles. The minimum absolute atomic E-state index is 0.0150. The van der Waals surface area contributed by atoms with Crippen LogP contribution in [0.25, 0.3) is 33.4 Å². The Kier molecular flexibility index (Phi) is 7.58. The maximum absolute atomic E-state index is 15.4. The minimum Gasteiger partial charge on any atom is -0.435 e. The summed E-state index contributed by atoms with van der Waals surface area (Å²) in [6.07, 6.45) is 3.29. The van der Waals surface area contributed by atoms with E-state index in [0.29, 0.717) is 71.6 Å². The highest BCUT2D eigenvalue weighted by Crippen LogP contribution is 2.40. The molecule has 0 spiro atoms. The molecule has 1 fully saturated rings. The summed E-state index contributed by atoms with van der Waals surface area (Å²) in [4.78, 5) is 15.7. The fourth-order valence-corrected chi connectivity index (χ4v) is 5.01. The SMILES string of the molecule is Cc1c(-c2ccccn2)nc2cc(F)cc(F)c2c1Nc1cc(N2CCOCC2)ncc1-c1ccc(OC(F)F)cc1. The highest BCUT2D eigenvalue weighted by molar-refractivity contribution is 5.99. The van der Waals surface area contributed by atoms with Crippen LogP contribution < -0.4 is 15.0 Å². The number of aromatic nitrogens is 3. The van der Waals surface area contributed by atoms with E-state index in [4.69, 9.17) is 4.74 Å². The van der Waals surface area contributed by atoms with Crippen molar-refractivity contribution in [1.82, 2.24) is 15.0 Å². The second kappa shape index (κ2) is 11.6. The summed E-state index contributed by atoms with van der Waals surface area (Å²) in [5.41, 5.74) is 3.98. The van der Waals surface area contributed by atoms with Crippen molar-refractivity contribution in [2.24, 2.45) is 0 Å². The predicted octanol–water partition coefficient (Wildman–Crippen LogP) is 7.13. The lowest BCUT2D eigenvalue weighted by molar-refractivity contribution is -0.0498. The molecule has 1 saturated heterocycles. The molecule has 6 rings (SSSR count). The van der Waals surface area contributed by atoms with Gasteiger partial charge in [-0.3, -0.25) is 4.98 Å². The monoisotopic (exact) mass is 575 g/mol. The van der Waals surface area contributed by atoms with Gasteiger partial charge in [0.05, 0.1) is 46.9 Å². The van der Waals surface area contributed by atoms with Crippen molar-refractivity contribution >= 4 is 28.1 Å². The molecule has 3 aromatic heterocycles. The Morgan fingerprint density at radius 2 is 1.76 bits per heavy atom. The predicted molar refractivity (Wildman–Crippen MR) is 152 cm³/mol. The van der Waals surface area contributed by atoms with Gasteiger partial charge in [0, 0.05) is 54.8 Å². The van der Waals surface area contributed by atoms with Crippen LogP contribution in [-0.4, -0.2) is 47.9 Å². The van der Waals surface area contributed by atoms with Crippen LogP contribution in [0, 0.1) is 18.6 Å². The molecule has 0 radical (unpaired) electrons. The van der Waals surface area contributed by atoms with Crippen molar-refractivity contribution in [3.8, 4) is 28.3 Å². The number of hydrogen-bond acceptors (Lipinski definition) is 7. The summed E-state index contributed by atoms with van der Waals surface area (Å²) in [5.74, 6) is -0.830. The molecule has 1 N–H and O–H groups in total. The first-order valence-corrected chi connectivity index (χ1v) is 13.2. The van der Waals surface area contributed by atoms with Gasteiger partial charge in [-0.25, -0.2) is 18.7 Å². The number of nitrogens with one attached hydrogen (secondary N) is 1. The third-order valence-corrected chi connectivity index (χ3v) is 7.03. The lowest BCUT2D eigenvalue weighted by Gasteiger charge is -2.28. The molecule has 1 aliphatic rings. The number of hydrogen-bond donors (Lipinski definition) is 1.